The van der Waals surface area contributed by atoms with Crippen LogP contribution in [0.25, 0.3) is 0 Å². The van der Waals surface area contributed by atoms with Crippen molar-refractivity contribution in [2.45, 2.75) is 65.1 Å². The summed E-state index contributed by atoms with van der Waals surface area (Å²) in [6.45, 7) is 12.4. The summed E-state index contributed by atoms with van der Waals surface area (Å²) >= 11 is 0. The van der Waals surface area contributed by atoms with Crippen molar-refractivity contribution in [2.75, 3.05) is 0 Å². The van der Waals surface area contributed by atoms with E-state index in [9.17, 15) is 0 Å². The third-order valence-corrected chi connectivity index (χ3v) is 2.70. The molecule has 0 spiro atoms. The van der Waals surface area contributed by atoms with Crippen LogP contribution in [0.2, 0.25) is 0 Å². The van der Waals surface area contributed by atoms with Crippen molar-refractivity contribution in [1.29, 1.82) is 0 Å². The van der Waals surface area contributed by atoms with E-state index in [4.69, 9.17) is 9.78 Å². The fraction of sp³-hybridized carbons (Fsp3) is 0.625. The van der Waals surface area contributed by atoms with Gasteiger partial charge in [0.05, 0.1) is 11.7 Å². The Hall–Kier alpha value is -0.860. The van der Waals surface area contributed by atoms with E-state index in [-0.39, 0.29) is 17.1 Å². The van der Waals surface area contributed by atoms with Crippen LogP contribution in [0.15, 0.2) is 24.3 Å². The van der Waals surface area contributed by atoms with E-state index >= 15 is 0 Å². The summed E-state index contributed by atoms with van der Waals surface area (Å²) in [4.78, 5) is 10.8. The van der Waals surface area contributed by atoms with Crippen molar-refractivity contribution in [3.05, 3.63) is 35.9 Å². The smallest absolute Gasteiger partial charge is 0.0952 e. The lowest BCUT2D eigenvalue weighted by Gasteiger charge is -2.29. The molecule has 0 amide bonds. The average Bonchev–Trinajstić information content (AvgIpc) is 2.26. The second kappa shape index (κ2) is 5.85. The molecule has 1 aromatic carbocycles. The molecule has 1 aromatic rings. The minimum Gasteiger partial charge on any atom is -0.233 e. The molecule has 1 atom stereocenters. The van der Waals surface area contributed by atoms with Crippen LogP contribution < -0.4 is 0 Å². The van der Waals surface area contributed by atoms with Crippen molar-refractivity contribution >= 4 is 0 Å². The Kier molecular flexibility index (Phi) is 4.94. The molecule has 18 heavy (non-hydrogen) atoms. The van der Waals surface area contributed by atoms with Gasteiger partial charge in [-0.15, -0.1) is 0 Å². The van der Waals surface area contributed by atoms with E-state index in [1.54, 1.807) is 0 Å². The molecule has 0 aliphatic heterocycles. The number of hydrogen-bond acceptors (Lipinski definition) is 2. The summed E-state index contributed by atoms with van der Waals surface area (Å²) in [5.74, 6) is 0. The highest BCUT2D eigenvalue weighted by molar-refractivity contribution is 5.22. The second-order valence-corrected chi connectivity index (χ2v) is 6.47. The number of rotatable bonds is 5. The molecule has 0 bridgehead atoms. The Bertz CT molecular complexity index is 349. The predicted octanol–water partition coefficient (Wildman–Crippen LogP) is 4.29. The van der Waals surface area contributed by atoms with Crippen molar-refractivity contribution in [1.82, 2.24) is 0 Å². The molecular formula is C16H25O2. The van der Waals surface area contributed by atoms with Gasteiger partial charge in [-0.25, -0.2) is 9.78 Å². The molecular weight excluding hydrogens is 224 g/mol. The van der Waals surface area contributed by atoms with Crippen LogP contribution in [0.5, 0.6) is 0 Å². The molecule has 0 saturated carbocycles. The lowest BCUT2D eigenvalue weighted by Crippen LogP contribution is -2.28. The van der Waals surface area contributed by atoms with Crippen LogP contribution in [0.1, 0.15) is 53.5 Å². The second-order valence-electron chi connectivity index (χ2n) is 6.47. The van der Waals surface area contributed by atoms with Gasteiger partial charge in [0.2, 0.25) is 0 Å². The Morgan fingerprint density at radius 1 is 1.17 bits per heavy atom. The van der Waals surface area contributed by atoms with Crippen LogP contribution in [0, 0.1) is 6.07 Å². The van der Waals surface area contributed by atoms with Crippen LogP contribution in [-0.2, 0) is 15.2 Å². The molecule has 0 saturated heterocycles. The highest BCUT2D eigenvalue weighted by atomic mass is 17.2. The summed E-state index contributed by atoms with van der Waals surface area (Å²) < 4.78 is 0. The van der Waals surface area contributed by atoms with Crippen molar-refractivity contribution in [3.8, 4) is 0 Å². The van der Waals surface area contributed by atoms with Crippen molar-refractivity contribution < 1.29 is 9.78 Å². The van der Waals surface area contributed by atoms with Gasteiger partial charge in [-0.2, -0.15) is 0 Å². The number of hydrogen-bond donors (Lipinski definition) is 0. The first-order valence-electron chi connectivity index (χ1n) is 6.52. The van der Waals surface area contributed by atoms with Gasteiger partial charge in [-0.1, -0.05) is 38.1 Å². The molecule has 2 heteroatoms. The molecule has 1 unspecified atom stereocenters. The molecule has 101 valence electrons. The summed E-state index contributed by atoms with van der Waals surface area (Å²) in [7, 11) is 0. The molecule has 0 N–H and O–H groups in total. The predicted molar refractivity (Wildman–Crippen MR) is 74.3 cm³/mol. The van der Waals surface area contributed by atoms with Gasteiger partial charge in [0.1, 0.15) is 0 Å². The topological polar surface area (TPSA) is 18.5 Å². The van der Waals surface area contributed by atoms with E-state index < -0.39 is 0 Å². The van der Waals surface area contributed by atoms with Gasteiger partial charge in [0.15, 0.2) is 0 Å². The Balaban J connectivity index is 2.55. The van der Waals surface area contributed by atoms with Crippen LogP contribution in [-0.4, -0.2) is 11.7 Å². The molecule has 0 aliphatic rings. The average molecular weight is 249 g/mol. The molecule has 0 aromatic heterocycles. The quantitative estimate of drug-likeness (QED) is 0.572. The van der Waals surface area contributed by atoms with E-state index in [1.165, 1.54) is 5.56 Å². The zero-order valence-electron chi connectivity index (χ0n) is 12.4. The van der Waals surface area contributed by atoms with E-state index in [1.807, 2.05) is 45.9 Å². The summed E-state index contributed by atoms with van der Waals surface area (Å²) in [5, 5.41) is 0. The maximum atomic E-state index is 5.45. The Morgan fingerprint density at radius 3 is 2.33 bits per heavy atom. The first-order valence-corrected chi connectivity index (χ1v) is 6.52. The van der Waals surface area contributed by atoms with Crippen LogP contribution in [0.4, 0.5) is 0 Å². The van der Waals surface area contributed by atoms with E-state index in [0.29, 0.717) is 0 Å². The summed E-state index contributed by atoms with van der Waals surface area (Å²) in [6, 6.07) is 11.4. The van der Waals surface area contributed by atoms with Gasteiger partial charge in [-0.05, 0) is 51.2 Å². The standard InChI is InChI=1S/C16H25O2/c1-13(17-18-15(2,3)4)12-16(5,6)14-10-8-7-9-11-14/h7-10,13H,12H2,1-6H3. The van der Waals surface area contributed by atoms with Gasteiger partial charge < -0.3 is 0 Å². The zero-order chi connectivity index (χ0) is 13.8. The first-order chi connectivity index (χ1) is 8.21. The lowest BCUT2D eigenvalue weighted by atomic mass is 9.80. The molecule has 0 fully saturated rings. The van der Waals surface area contributed by atoms with Crippen molar-refractivity contribution in [3.63, 3.8) is 0 Å². The van der Waals surface area contributed by atoms with Crippen LogP contribution in [0.3, 0.4) is 0 Å². The van der Waals surface area contributed by atoms with Crippen molar-refractivity contribution in [2.24, 2.45) is 0 Å². The maximum absolute atomic E-state index is 5.45. The van der Waals surface area contributed by atoms with Crippen LogP contribution >= 0.6 is 0 Å². The molecule has 1 rings (SSSR count). The minimum absolute atomic E-state index is 0.0297. The largest absolute Gasteiger partial charge is 0.233 e. The minimum atomic E-state index is -0.267. The fourth-order valence-electron chi connectivity index (χ4n) is 1.90. The number of benzene rings is 1. The SMILES string of the molecule is CC(CC(C)(C)c1[c]cccc1)OOC(C)(C)C. The first kappa shape index (κ1) is 15.2. The third-order valence-electron chi connectivity index (χ3n) is 2.70. The summed E-state index contributed by atoms with van der Waals surface area (Å²) in [5.41, 5.74) is 0.968. The molecule has 0 heterocycles. The summed E-state index contributed by atoms with van der Waals surface area (Å²) in [6.07, 6.45) is 0.941. The van der Waals surface area contributed by atoms with Gasteiger partial charge in [0.25, 0.3) is 0 Å². The van der Waals surface area contributed by atoms with E-state index in [2.05, 4.69) is 26.0 Å². The van der Waals surface area contributed by atoms with E-state index in [0.717, 1.165) is 6.42 Å². The highest BCUT2D eigenvalue weighted by Gasteiger charge is 2.25. The molecule has 1 radical (unpaired) electrons. The monoisotopic (exact) mass is 249 g/mol. The zero-order valence-corrected chi connectivity index (χ0v) is 12.4. The van der Waals surface area contributed by atoms with Gasteiger partial charge in [-0.3, -0.25) is 0 Å². The maximum Gasteiger partial charge on any atom is 0.0952 e. The Morgan fingerprint density at radius 2 is 1.83 bits per heavy atom. The van der Waals surface area contributed by atoms with Gasteiger partial charge >= 0.3 is 0 Å². The molecule has 0 aliphatic carbocycles. The molecule has 2 nitrogen and oxygen atoms in total. The third kappa shape index (κ3) is 5.19. The fourth-order valence-corrected chi connectivity index (χ4v) is 1.90. The highest BCUT2D eigenvalue weighted by Crippen LogP contribution is 2.29. The van der Waals surface area contributed by atoms with Gasteiger partial charge in [0, 0.05) is 0 Å². The lowest BCUT2D eigenvalue weighted by molar-refractivity contribution is -0.372. The normalized spacial score (nSPS) is 14.6. The Labute approximate surface area is 111 Å².